The zero-order chi connectivity index (χ0) is 11.2. The fourth-order valence-electron chi connectivity index (χ4n) is 1.09. The molecule has 0 amide bonds. The van der Waals surface area contributed by atoms with Crippen molar-refractivity contribution in [2.24, 2.45) is 0 Å². The molecule has 0 spiro atoms. The topological polar surface area (TPSA) is 29.1 Å². The number of rotatable bonds is 6. The second-order valence-corrected chi connectivity index (χ2v) is 6.20. The molecule has 1 unspecified atom stereocenters. The van der Waals surface area contributed by atoms with Gasteiger partial charge in [0.1, 0.15) is 5.78 Å². The molecule has 0 bridgehead atoms. The van der Waals surface area contributed by atoms with Crippen molar-refractivity contribution in [2.45, 2.75) is 51.8 Å². The lowest BCUT2D eigenvalue weighted by Crippen LogP contribution is -2.39. The number of Topliss-reactive ketones (excluding diaryl/α,β-unsaturated/α-hetero) is 1. The van der Waals surface area contributed by atoms with Crippen LogP contribution in [0.2, 0.25) is 0 Å². The highest BCUT2D eigenvalue weighted by molar-refractivity contribution is 8.00. The minimum Gasteiger partial charge on any atom is -0.307 e. The summed E-state index contributed by atoms with van der Waals surface area (Å²) in [6, 6.07) is 0.0363. The Kier molecular flexibility index (Phi) is 6.45. The van der Waals surface area contributed by atoms with Gasteiger partial charge >= 0.3 is 0 Å². The van der Waals surface area contributed by atoms with Gasteiger partial charge in [-0.1, -0.05) is 34.6 Å². The highest BCUT2D eigenvalue weighted by atomic mass is 32.2. The molecule has 0 radical (unpaired) electrons. The second kappa shape index (κ2) is 6.46. The van der Waals surface area contributed by atoms with Crippen molar-refractivity contribution in [3.05, 3.63) is 0 Å². The molecule has 0 aliphatic rings. The van der Waals surface area contributed by atoms with E-state index >= 15 is 0 Å². The highest BCUT2D eigenvalue weighted by Crippen LogP contribution is 2.23. The number of ketones is 1. The van der Waals surface area contributed by atoms with Gasteiger partial charge in [-0.05, 0) is 6.54 Å². The molecule has 0 aliphatic carbocycles. The third kappa shape index (κ3) is 6.44. The maximum atomic E-state index is 11.5. The first-order valence-electron chi connectivity index (χ1n) is 5.30. The summed E-state index contributed by atoms with van der Waals surface area (Å²) in [5.74, 6) is 1.20. The minimum atomic E-state index is 0.0363. The molecule has 0 fully saturated rings. The van der Waals surface area contributed by atoms with Gasteiger partial charge in [0.15, 0.2) is 0 Å². The zero-order valence-corrected chi connectivity index (χ0v) is 10.8. The quantitative estimate of drug-likeness (QED) is 0.741. The summed E-state index contributed by atoms with van der Waals surface area (Å²) in [6.45, 7) is 11.4. The van der Waals surface area contributed by atoms with E-state index in [1.807, 2.05) is 25.6 Å². The maximum Gasteiger partial charge on any atom is 0.150 e. The predicted molar refractivity (Wildman–Crippen MR) is 65.0 cm³/mol. The summed E-state index contributed by atoms with van der Waals surface area (Å²) in [5.41, 5.74) is 0. The van der Waals surface area contributed by atoms with Crippen LogP contribution in [0.1, 0.15) is 41.0 Å². The van der Waals surface area contributed by atoms with Gasteiger partial charge in [-0.25, -0.2) is 0 Å². The van der Waals surface area contributed by atoms with Crippen molar-refractivity contribution < 1.29 is 4.79 Å². The Balaban J connectivity index is 4.03. The summed E-state index contributed by atoms with van der Waals surface area (Å²) in [5, 5.41) is 3.24. The van der Waals surface area contributed by atoms with E-state index in [-0.39, 0.29) is 10.8 Å². The van der Waals surface area contributed by atoms with Crippen molar-refractivity contribution in [3.8, 4) is 0 Å². The molecular weight excluding hydrogens is 194 g/mol. The molecule has 0 saturated heterocycles. The van der Waals surface area contributed by atoms with Crippen LogP contribution >= 0.6 is 11.8 Å². The number of likely N-dealkylation sites (N-methyl/N-ethyl adjacent to an activating group) is 1. The number of carbonyl (C=O) groups is 1. The molecule has 2 nitrogen and oxygen atoms in total. The molecule has 0 saturated carbocycles. The maximum absolute atomic E-state index is 11.5. The average Bonchev–Trinajstić information content (AvgIpc) is 2.09. The van der Waals surface area contributed by atoms with Crippen molar-refractivity contribution in [2.75, 3.05) is 12.3 Å². The summed E-state index contributed by atoms with van der Waals surface area (Å²) in [7, 11) is 0. The van der Waals surface area contributed by atoms with Crippen molar-refractivity contribution in [1.82, 2.24) is 5.32 Å². The monoisotopic (exact) mass is 217 g/mol. The number of nitrogens with one attached hydrogen (secondary N) is 1. The molecule has 14 heavy (non-hydrogen) atoms. The number of carbonyl (C=O) groups excluding carboxylic acids is 1. The molecule has 1 atom stereocenters. The summed E-state index contributed by atoms with van der Waals surface area (Å²) < 4.78 is 0.238. The van der Waals surface area contributed by atoms with E-state index in [1.165, 1.54) is 0 Å². The molecular formula is C11H23NOS. The van der Waals surface area contributed by atoms with Gasteiger partial charge in [0.2, 0.25) is 0 Å². The lowest BCUT2D eigenvalue weighted by molar-refractivity contribution is -0.120. The van der Waals surface area contributed by atoms with E-state index in [2.05, 4.69) is 26.1 Å². The molecule has 3 heteroatoms. The molecule has 84 valence electrons. The van der Waals surface area contributed by atoms with Crippen molar-refractivity contribution >= 4 is 17.5 Å². The fourth-order valence-corrected chi connectivity index (χ4v) is 2.06. The second-order valence-electron chi connectivity index (χ2n) is 4.35. The molecule has 0 aromatic rings. The van der Waals surface area contributed by atoms with Crippen LogP contribution in [0.4, 0.5) is 0 Å². The predicted octanol–water partition coefficient (Wildman–Crippen LogP) is 2.48. The highest BCUT2D eigenvalue weighted by Gasteiger charge is 2.19. The normalized spacial score (nSPS) is 14.1. The lowest BCUT2D eigenvalue weighted by Gasteiger charge is -2.22. The van der Waals surface area contributed by atoms with Crippen LogP contribution in [-0.2, 0) is 4.79 Å². The number of hydrogen-bond acceptors (Lipinski definition) is 3. The summed E-state index contributed by atoms with van der Waals surface area (Å²) in [6.07, 6.45) is 0.627. The SMILES string of the molecule is CCNC(CSC(C)(C)C)C(=O)CC. The molecule has 1 N–H and O–H groups in total. The van der Waals surface area contributed by atoms with Gasteiger partial charge in [0, 0.05) is 16.9 Å². The summed E-state index contributed by atoms with van der Waals surface area (Å²) in [4.78, 5) is 11.5. The van der Waals surface area contributed by atoms with Gasteiger partial charge in [-0.15, -0.1) is 0 Å². The average molecular weight is 217 g/mol. The zero-order valence-electron chi connectivity index (χ0n) is 10.0. The molecule has 0 rings (SSSR count). The van der Waals surface area contributed by atoms with Crippen LogP contribution in [0.3, 0.4) is 0 Å². The van der Waals surface area contributed by atoms with Crippen LogP contribution in [-0.4, -0.2) is 28.9 Å². The Hall–Kier alpha value is -0.0200. The molecule has 0 heterocycles. The molecule has 0 aromatic heterocycles. The van der Waals surface area contributed by atoms with Crippen LogP contribution in [0.15, 0.2) is 0 Å². The largest absolute Gasteiger partial charge is 0.307 e. The smallest absolute Gasteiger partial charge is 0.150 e. The van der Waals surface area contributed by atoms with Gasteiger partial charge in [0.25, 0.3) is 0 Å². The van der Waals surface area contributed by atoms with E-state index in [9.17, 15) is 4.79 Å². The number of thioether (sulfide) groups is 1. The number of hydrogen-bond donors (Lipinski definition) is 1. The minimum absolute atomic E-state index is 0.0363. The third-order valence-corrected chi connectivity index (χ3v) is 3.24. The van der Waals surface area contributed by atoms with Crippen LogP contribution in [0.5, 0.6) is 0 Å². The van der Waals surface area contributed by atoms with E-state index in [0.717, 1.165) is 12.3 Å². The first kappa shape index (κ1) is 14.0. The Morgan fingerprint density at radius 2 is 1.93 bits per heavy atom. The summed E-state index contributed by atoms with van der Waals surface area (Å²) >= 11 is 1.84. The Morgan fingerprint density at radius 3 is 2.29 bits per heavy atom. The standard InChI is InChI=1S/C11H23NOS/c1-6-10(13)9(12-7-2)8-14-11(3,4)5/h9,12H,6-8H2,1-5H3. The van der Waals surface area contributed by atoms with Gasteiger partial charge in [0.05, 0.1) is 6.04 Å². The van der Waals surface area contributed by atoms with Crippen molar-refractivity contribution in [1.29, 1.82) is 0 Å². The first-order chi connectivity index (χ1) is 6.40. The fraction of sp³-hybridized carbons (Fsp3) is 0.909. The van der Waals surface area contributed by atoms with Gasteiger partial charge in [-0.3, -0.25) is 4.79 Å². The Bertz CT molecular complexity index is 175. The Morgan fingerprint density at radius 1 is 1.36 bits per heavy atom. The van der Waals surface area contributed by atoms with E-state index in [4.69, 9.17) is 0 Å². The lowest BCUT2D eigenvalue weighted by atomic mass is 10.2. The Labute approximate surface area is 92.2 Å². The van der Waals surface area contributed by atoms with E-state index < -0.39 is 0 Å². The van der Waals surface area contributed by atoms with Crippen LogP contribution in [0, 0.1) is 0 Å². The van der Waals surface area contributed by atoms with Crippen LogP contribution in [0.25, 0.3) is 0 Å². The third-order valence-electron chi connectivity index (χ3n) is 1.87. The van der Waals surface area contributed by atoms with E-state index in [0.29, 0.717) is 12.2 Å². The first-order valence-corrected chi connectivity index (χ1v) is 6.29. The van der Waals surface area contributed by atoms with Gasteiger partial charge < -0.3 is 5.32 Å². The molecule has 0 aromatic carbocycles. The van der Waals surface area contributed by atoms with Gasteiger partial charge in [-0.2, -0.15) is 11.8 Å². The molecule has 0 aliphatic heterocycles. The van der Waals surface area contributed by atoms with E-state index in [1.54, 1.807) is 0 Å². The van der Waals surface area contributed by atoms with Crippen molar-refractivity contribution in [3.63, 3.8) is 0 Å². The van der Waals surface area contributed by atoms with Crippen LogP contribution < -0.4 is 5.32 Å².